The molecule has 33 nitrogen and oxygen atoms in total. The second kappa shape index (κ2) is 46.9. The SMILES string of the molecule is CC(C)COC(=O)[C@H](C)NP(=O)(Cl)Oc1ccccc1.CCOc1nc(N)nc2c1ncn2[C@@H]1O[C@](F)(COP(=O)(C[C@@H](C)C(=O)OC(CC)CC)Oc2ccccc2)[C@@H](C)[C@@]1(C)F.CCOc1nc(N)nc2c1ncn2[C@@H]1O[C@](F)(COP(=O)(C[C@@H](C)C(=O)OC(CC)CC)Oc2ccccc2)[C@@H](O)[C@@]1(C)F.O=P(Cl)(Cl)Cl.O=P(Cl)(Cl)Oc1ccccc1. The highest BCUT2D eigenvalue weighted by Gasteiger charge is 2.66. The molecule has 14 atom stereocenters. The largest absolute Gasteiger partial charge is 0.476 e. The van der Waals surface area contributed by atoms with Crippen molar-refractivity contribution in [2.24, 2.45) is 23.7 Å². The van der Waals surface area contributed by atoms with Crippen molar-refractivity contribution in [2.75, 3.05) is 56.8 Å². The van der Waals surface area contributed by atoms with Crippen LogP contribution in [-0.4, -0.2) is 155 Å². The summed E-state index contributed by atoms with van der Waals surface area (Å²) in [4.78, 5) is 61.8. The van der Waals surface area contributed by atoms with Crippen LogP contribution in [0.15, 0.2) is 134 Å². The molecule has 0 bridgehead atoms. The molecule has 0 amide bonds. The molecule has 4 aromatic heterocycles. The van der Waals surface area contributed by atoms with Crippen LogP contribution in [0.4, 0.5) is 29.5 Å². The number of esters is 3. The molecule has 124 heavy (non-hydrogen) atoms. The van der Waals surface area contributed by atoms with E-state index in [-0.39, 0.29) is 88.8 Å². The summed E-state index contributed by atoms with van der Waals surface area (Å²) in [6, 6.07) is 32.3. The molecule has 6 N–H and O–H groups in total. The molecule has 688 valence electrons. The molecular weight excluding hydrogens is 1860 g/mol. The molecule has 2 aliphatic rings. The number of anilines is 2. The van der Waals surface area contributed by atoms with Crippen LogP contribution in [0.3, 0.4) is 0 Å². The Morgan fingerprint density at radius 3 is 1.23 bits per heavy atom. The van der Waals surface area contributed by atoms with Crippen molar-refractivity contribution in [3.63, 3.8) is 0 Å². The second-order valence-electron chi connectivity index (χ2n) is 28.7. The van der Waals surface area contributed by atoms with Crippen LogP contribution >= 0.6 is 101 Å². The number of hydrogen-bond donors (Lipinski definition) is 4. The number of nitrogens with zero attached hydrogens (tertiary/aromatic N) is 8. The van der Waals surface area contributed by atoms with Crippen LogP contribution < -0.4 is 44.1 Å². The van der Waals surface area contributed by atoms with E-state index in [1.165, 1.54) is 57.6 Å². The average molecular weight is 1970 g/mol. The molecule has 0 aliphatic carbocycles. The maximum absolute atomic E-state index is 16.6. The van der Waals surface area contributed by atoms with E-state index in [1.54, 1.807) is 123 Å². The molecular formula is C76H102Cl6F4N11O22P5. The number of aromatic nitrogens is 8. The molecule has 8 aromatic rings. The number of imidazole rings is 2. The lowest BCUT2D eigenvalue weighted by Crippen LogP contribution is -2.46. The number of nitrogens with two attached hydrogens (primary N) is 2. The minimum atomic E-state index is -4.34. The van der Waals surface area contributed by atoms with E-state index in [1.807, 2.05) is 41.5 Å². The number of carbonyl (C=O) groups excluding carboxylic acids is 3. The molecule has 2 saturated heterocycles. The lowest BCUT2D eigenvalue weighted by Gasteiger charge is -2.29. The first kappa shape index (κ1) is 106. The Balaban J connectivity index is 0.000000276. The number of para-hydroxylation sites is 4. The molecule has 2 aliphatic heterocycles. The van der Waals surface area contributed by atoms with Crippen LogP contribution in [0, 0.1) is 23.7 Å². The maximum Gasteiger partial charge on any atom is 0.428 e. The Morgan fingerprint density at radius 1 is 0.532 bits per heavy atom. The highest BCUT2D eigenvalue weighted by Crippen LogP contribution is 2.62. The van der Waals surface area contributed by atoms with Gasteiger partial charge in [-0.05, 0) is 148 Å². The summed E-state index contributed by atoms with van der Waals surface area (Å²) < 4.78 is 198. The van der Waals surface area contributed by atoms with Crippen molar-refractivity contribution in [3.8, 4) is 34.8 Å². The number of rotatable bonds is 37. The van der Waals surface area contributed by atoms with Crippen LogP contribution in [0.1, 0.15) is 135 Å². The zero-order valence-corrected chi connectivity index (χ0v) is 79.0. The quantitative estimate of drug-likeness (QED) is 0.0122. The van der Waals surface area contributed by atoms with Gasteiger partial charge in [-0.15, -0.1) is 0 Å². The molecule has 6 heterocycles. The van der Waals surface area contributed by atoms with E-state index in [9.17, 15) is 42.3 Å². The van der Waals surface area contributed by atoms with Gasteiger partial charge < -0.3 is 67.8 Å². The first-order valence-corrected chi connectivity index (χ1v) is 52.6. The van der Waals surface area contributed by atoms with Crippen molar-refractivity contribution >= 4 is 153 Å². The highest BCUT2D eigenvalue weighted by atomic mass is 36.0. The fraction of sp³-hybridized carbons (Fsp3) is 0.513. The number of ether oxygens (including phenoxy) is 7. The van der Waals surface area contributed by atoms with Gasteiger partial charge in [0.1, 0.15) is 54.5 Å². The molecule has 3 unspecified atom stereocenters. The van der Waals surface area contributed by atoms with Crippen molar-refractivity contribution in [3.05, 3.63) is 134 Å². The van der Waals surface area contributed by atoms with Gasteiger partial charge in [-0.1, -0.05) is 135 Å². The third kappa shape index (κ3) is 31.8. The van der Waals surface area contributed by atoms with Crippen molar-refractivity contribution in [1.82, 2.24) is 44.1 Å². The molecule has 10 rings (SSSR count). The van der Waals surface area contributed by atoms with Gasteiger partial charge in [0.25, 0.3) is 5.85 Å². The highest BCUT2D eigenvalue weighted by molar-refractivity contribution is 8.24. The number of aliphatic hydroxyl groups is 1. The Hall–Kier alpha value is -6.84. The number of aliphatic hydroxyl groups excluding tert-OH is 1. The van der Waals surface area contributed by atoms with Crippen LogP contribution in [0.25, 0.3) is 22.3 Å². The van der Waals surface area contributed by atoms with E-state index < -0.39 is 142 Å². The number of hydrogen-bond acceptors (Lipinski definition) is 30. The third-order valence-corrected chi connectivity index (χ3v) is 24.6. The molecule has 0 spiro atoms. The summed E-state index contributed by atoms with van der Waals surface area (Å²) in [6.07, 6.45) is -6.03. The summed E-state index contributed by atoms with van der Waals surface area (Å²) in [7, 11) is -8.57. The predicted molar refractivity (Wildman–Crippen MR) is 465 cm³/mol. The predicted octanol–water partition coefficient (Wildman–Crippen LogP) is 20.8. The van der Waals surface area contributed by atoms with Crippen LogP contribution in [-0.2, 0) is 69.9 Å². The summed E-state index contributed by atoms with van der Waals surface area (Å²) >= 11 is 30.0. The summed E-state index contributed by atoms with van der Waals surface area (Å²) in [5, 5.41) is 10.1. The second-order valence-corrected chi connectivity index (χ2v) is 46.3. The number of halogens is 10. The van der Waals surface area contributed by atoms with Gasteiger partial charge in [-0.25, -0.2) is 50.9 Å². The molecule has 2 fully saturated rings. The minimum Gasteiger partial charge on any atom is -0.476 e. The van der Waals surface area contributed by atoms with E-state index in [0.29, 0.717) is 43.8 Å². The van der Waals surface area contributed by atoms with Crippen molar-refractivity contribution in [2.45, 2.75) is 182 Å². The fourth-order valence-corrected chi connectivity index (χ4v) is 17.9. The Bertz CT molecular complexity index is 4790. The number of alkyl halides is 4. The van der Waals surface area contributed by atoms with Crippen LogP contribution in [0.2, 0.25) is 0 Å². The van der Waals surface area contributed by atoms with Crippen molar-refractivity contribution in [1.29, 1.82) is 0 Å². The Morgan fingerprint density at radius 2 is 0.879 bits per heavy atom. The summed E-state index contributed by atoms with van der Waals surface area (Å²) in [6.45, 7) is 17.7. The van der Waals surface area contributed by atoms with Crippen LogP contribution in [0.5, 0.6) is 34.8 Å². The third-order valence-electron chi connectivity index (χ3n) is 18.2. The van der Waals surface area contributed by atoms with Gasteiger partial charge in [0.15, 0.2) is 52.2 Å². The van der Waals surface area contributed by atoms with E-state index in [2.05, 4.69) is 73.2 Å². The fourth-order valence-electron chi connectivity index (χ4n) is 11.6. The van der Waals surface area contributed by atoms with Gasteiger partial charge in [0.2, 0.25) is 29.5 Å². The number of benzene rings is 4. The van der Waals surface area contributed by atoms with Gasteiger partial charge in [-0.2, -0.15) is 19.9 Å². The summed E-state index contributed by atoms with van der Waals surface area (Å²) in [5.41, 5.74) is 6.89. The molecule has 0 saturated carbocycles. The average Bonchev–Trinajstić information content (AvgIpc) is 1.58. The normalized spacial score (nSPS) is 22.1. The number of nitrogen functional groups attached to an aromatic ring is 2. The number of nitrogens with one attached hydrogen (secondary N) is 1. The van der Waals surface area contributed by atoms with Gasteiger partial charge in [-0.3, -0.25) is 37.1 Å². The van der Waals surface area contributed by atoms with E-state index in [0.717, 1.165) is 17.8 Å². The zero-order chi connectivity index (χ0) is 92.6. The minimum absolute atomic E-state index is 0.0264. The van der Waals surface area contributed by atoms with Gasteiger partial charge in [0, 0.05) is 33.7 Å². The Kier molecular flexibility index (Phi) is 40.1. The van der Waals surface area contributed by atoms with Gasteiger partial charge >= 0.3 is 51.2 Å². The number of fused-ring (bicyclic) bond motifs is 2. The van der Waals surface area contributed by atoms with Gasteiger partial charge in [0.05, 0.1) is 62.6 Å². The number of carbonyl (C=O) groups is 3. The first-order valence-electron chi connectivity index (χ1n) is 38.7. The molecule has 0 radical (unpaired) electrons. The smallest absolute Gasteiger partial charge is 0.428 e. The molecule has 48 heteroatoms. The molecule has 4 aromatic carbocycles. The first-order chi connectivity index (χ1) is 57.9. The van der Waals surface area contributed by atoms with E-state index in [4.69, 9.17) is 101 Å². The monoisotopic (exact) mass is 1960 g/mol. The summed E-state index contributed by atoms with van der Waals surface area (Å²) in [5.74, 6) is -10.0. The maximum atomic E-state index is 16.6. The standard InChI is InChI=1S/C29H40F2N5O7P.C28H38F2N5O8P.C13H19ClNO4P.C6H5Cl2O2P.Cl3OP/c1-7-20(8-2)41-25(37)18(4)15-44(38,43-21-13-11-10-12-14-21)40-16-29(31)19(5)28(6,30)26(42-29)36-17-33-22-23(36)34-27(32)35-24(22)39-9-3;1-6-18(7-2)41-23(36)17(4)14-44(38,43-19-12-10-9-11-13-19)40-15-28(30)24(37)27(5,29)25(42-28)35-16-32-20-21(35)33-26(31)34-22(20)39-8-3;1-10(2)9-18-13(16)11(3)15-20(14,17)19-12-7-5-4-6-8-12;7-11(8,9)10-6-4-2-1-3-5-6;1-5(2,3)4/h10-14,17-20,26H,7-9,15-16H2,1-6H3,(H2,32,34,35);9-13,16-18,24-25,37H,6-8,14-15H2,1-5H3,(H2,31,33,34);4-8,10-11H,9H2,1-3H3,(H,15,17);1-5H;/t18-,19+,26-,28-,29-,44?;17-,24+,25-,27-,28-,44?;11-,20?;;/m110../s1. The lowest BCUT2D eigenvalue weighted by atomic mass is 9.88. The zero-order valence-electron chi connectivity index (χ0n) is 70.0. The lowest BCUT2D eigenvalue weighted by molar-refractivity contribution is -0.202. The van der Waals surface area contributed by atoms with Crippen molar-refractivity contribution < 1.29 is 120 Å². The Labute approximate surface area is 744 Å². The van der Waals surface area contributed by atoms with E-state index >= 15 is 17.6 Å². The topological polar surface area (TPSA) is 428 Å².